The summed E-state index contributed by atoms with van der Waals surface area (Å²) in [6.45, 7) is 0. The highest BCUT2D eigenvalue weighted by Crippen LogP contribution is 2.58. The van der Waals surface area contributed by atoms with E-state index >= 15 is 0 Å². The van der Waals surface area contributed by atoms with Crippen molar-refractivity contribution in [1.82, 2.24) is 0 Å². The normalized spacial score (nSPS) is 21.9. The number of hydrogen-bond acceptors (Lipinski definition) is 3. The van der Waals surface area contributed by atoms with Crippen LogP contribution >= 0.6 is 0 Å². The van der Waals surface area contributed by atoms with Gasteiger partial charge in [-0.2, -0.15) is 10.5 Å². The predicted molar refractivity (Wildman–Crippen MR) is 86.8 cm³/mol. The van der Waals surface area contributed by atoms with Crippen molar-refractivity contribution in [3.8, 4) is 24.0 Å². The van der Waals surface area contributed by atoms with Gasteiger partial charge >= 0.3 is 0 Å². The van der Waals surface area contributed by atoms with Crippen molar-refractivity contribution in [2.24, 2.45) is 11.3 Å². The van der Waals surface area contributed by atoms with Gasteiger partial charge in [0.15, 0.2) is 0 Å². The fourth-order valence-electron chi connectivity index (χ4n) is 3.67. The summed E-state index contributed by atoms with van der Waals surface area (Å²) in [6.07, 6.45) is 6.72. The third-order valence-electron chi connectivity index (χ3n) is 5.28. The minimum atomic E-state index is -1.23. The highest BCUT2D eigenvalue weighted by atomic mass is 16.3. The highest BCUT2D eigenvalue weighted by molar-refractivity contribution is 5.44. The first kappa shape index (κ1) is 15.6. The van der Waals surface area contributed by atoms with Crippen LogP contribution in [0.2, 0.25) is 0 Å². The maximum Gasteiger partial charge on any atom is 0.147 e. The molecule has 0 heterocycles. The molecule has 23 heavy (non-hydrogen) atoms. The lowest BCUT2D eigenvalue weighted by molar-refractivity contribution is -0.0233. The Morgan fingerprint density at radius 3 is 2.39 bits per heavy atom. The van der Waals surface area contributed by atoms with Crippen LogP contribution in [-0.2, 0) is 0 Å². The third kappa shape index (κ3) is 2.84. The van der Waals surface area contributed by atoms with Gasteiger partial charge in [0.05, 0.1) is 23.1 Å². The van der Waals surface area contributed by atoms with Gasteiger partial charge in [0.25, 0.3) is 0 Å². The van der Waals surface area contributed by atoms with Crippen LogP contribution in [0.15, 0.2) is 24.3 Å². The van der Waals surface area contributed by atoms with E-state index in [1.807, 2.05) is 6.07 Å². The first-order chi connectivity index (χ1) is 11.1. The van der Waals surface area contributed by atoms with Crippen LogP contribution in [-0.4, -0.2) is 10.7 Å². The van der Waals surface area contributed by atoms with Crippen molar-refractivity contribution in [3.63, 3.8) is 0 Å². The number of benzene rings is 1. The fourth-order valence-corrected chi connectivity index (χ4v) is 3.67. The van der Waals surface area contributed by atoms with Gasteiger partial charge in [0.1, 0.15) is 5.60 Å². The molecule has 116 valence electrons. The molecule has 0 unspecified atom stereocenters. The lowest BCUT2D eigenvalue weighted by atomic mass is 9.69. The summed E-state index contributed by atoms with van der Waals surface area (Å²) in [5, 5.41) is 29.9. The summed E-state index contributed by atoms with van der Waals surface area (Å²) in [4.78, 5) is 0. The molecule has 2 saturated carbocycles. The van der Waals surface area contributed by atoms with Crippen LogP contribution < -0.4 is 0 Å². The fraction of sp³-hybridized carbons (Fsp3) is 0.500. The molecule has 0 aliphatic heterocycles. The van der Waals surface area contributed by atoms with E-state index in [2.05, 4.69) is 24.0 Å². The monoisotopic (exact) mass is 304 g/mol. The zero-order valence-electron chi connectivity index (χ0n) is 13.2. The second kappa shape index (κ2) is 6.08. The van der Waals surface area contributed by atoms with Crippen molar-refractivity contribution in [1.29, 1.82) is 10.5 Å². The first-order valence-electron chi connectivity index (χ1n) is 8.30. The Balaban J connectivity index is 1.96. The quantitative estimate of drug-likeness (QED) is 0.850. The molecule has 2 fully saturated rings. The molecule has 1 aromatic carbocycles. The van der Waals surface area contributed by atoms with Crippen LogP contribution in [0.3, 0.4) is 0 Å². The summed E-state index contributed by atoms with van der Waals surface area (Å²) < 4.78 is 0. The van der Waals surface area contributed by atoms with Crippen LogP contribution in [0.25, 0.3) is 0 Å². The number of rotatable bonds is 2. The van der Waals surface area contributed by atoms with E-state index in [9.17, 15) is 10.4 Å². The highest BCUT2D eigenvalue weighted by Gasteiger charge is 2.62. The van der Waals surface area contributed by atoms with Crippen molar-refractivity contribution >= 4 is 0 Å². The Morgan fingerprint density at radius 1 is 1.09 bits per heavy atom. The average Bonchev–Trinajstić information content (AvgIpc) is 3.42. The van der Waals surface area contributed by atoms with Crippen LogP contribution in [0.5, 0.6) is 0 Å². The molecule has 0 saturated heterocycles. The van der Waals surface area contributed by atoms with E-state index in [-0.39, 0.29) is 5.92 Å². The van der Waals surface area contributed by atoms with Gasteiger partial charge in [-0.25, -0.2) is 0 Å². The molecular weight excluding hydrogens is 284 g/mol. The molecule has 3 rings (SSSR count). The zero-order chi connectivity index (χ0) is 16.3. The molecule has 0 aromatic heterocycles. The molecule has 1 atom stereocenters. The van der Waals surface area contributed by atoms with E-state index in [0.717, 1.165) is 38.5 Å². The van der Waals surface area contributed by atoms with E-state index in [1.165, 1.54) is 6.42 Å². The second-order valence-corrected chi connectivity index (χ2v) is 6.74. The van der Waals surface area contributed by atoms with Gasteiger partial charge in [0, 0.05) is 11.5 Å². The van der Waals surface area contributed by atoms with Gasteiger partial charge in [0.2, 0.25) is 0 Å². The Labute approximate surface area is 137 Å². The van der Waals surface area contributed by atoms with E-state index < -0.39 is 11.0 Å². The molecule has 1 aromatic rings. The molecule has 1 N–H and O–H groups in total. The summed E-state index contributed by atoms with van der Waals surface area (Å²) in [5.74, 6) is 6.17. The molecular formula is C20H20N2O. The molecule has 0 radical (unpaired) electrons. The van der Waals surface area contributed by atoms with Gasteiger partial charge in [-0.3, -0.25) is 0 Å². The summed E-state index contributed by atoms with van der Waals surface area (Å²) in [6, 6.07) is 11.5. The number of nitriles is 2. The minimum absolute atomic E-state index is 0.0741. The Morgan fingerprint density at radius 2 is 1.78 bits per heavy atom. The smallest absolute Gasteiger partial charge is 0.147 e. The maximum atomic E-state index is 11.4. The standard InChI is InChI=1S/C20H20N2O/c21-14-17-6-4-5-16(13-17)9-10-20(23,19(15-22)11-12-19)18-7-2-1-3-8-18/h4-6,13,18,23H,1-3,7-8,11-12H2/t20-/m0/s1. The second-order valence-electron chi connectivity index (χ2n) is 6.74. The van der Waals surface area contributed by atoms with Gasteiger partial charge in [-0.15, -0.1) is 0 Å². The Hall–Kier alpha value is -2.28. The Bertz CT molecular complexity index is 733. The topological polar surface area (TPSA) is 67.8 Å². The predicted octanol–water partition coefficient (Wildman–Crippen LogP) is 3.52. The van der Waals surface area contributed by atoms with Crippen molar-refractivity contribution in [2.75, 3.05) is 0 Å². The lowest BCUT2D eigenvalue weighted by Crippen LogP contribution is -2.46. The zero-order valence-corrected chi connectivity index (χ0v) is 13.2. The van der Waals surface area contributed by atoms with Crippen LogP contribution in [0.4, 0.5) is 0 Å². The van der Waals surface area contributed by atoms with Crippen LogP contribution in [0, 0.1) is 45.8 Å². The van der Waals surface area contributed by atoms with Crippen LogP contribution in [0.1, 0.15) is 56.1 Å². The van der Waals surface area contributed by atoms with Gasteiger partial charge < -0.3 is 5.11 Å². The largest absolute Gasteiger partial charge is 0.376 e. The molecule has 2 aliphatic rings. The number of hydrogen-bond donors (Lipinski definition) is 1. The van der Waals surface area contributed by atoms with E-state index in [1.54, 1.807) is 18.2 Å². The van der Waals surface area contributed by atoms with Gasteiger partial charge in [-0.05, 0) is 43.9 Å². The summed E-state index contributed by atoms with van der Waals surface area (Å²) >= 11 is 0. The lowest BCUT2D eigenvalue weighted by Gasteiger charge is -2.38. The van der Waals surface area contributed by atoms with Gasteiger partial charge in [-0.1, -0.05) is 37.2 Å². The van der Waals surface area contributed by atoms with Crippen molar-refractivity contribution in [2.45, 2.75) is 50.5 Å². The average molecular weight is 304 g/mol. The van der Waals surface area contributed by atoms with Crippen molar-refractivity contribution < 1.29 is 5.11 Å². The van der Waals surface area contributed by atoms with Crippen molar-refractivity contribution in [3.05, 3.63) is 35.4 Å². The molecule has 2 aliphatic carbocycles. The Kier molecular flexibility index (Phi) is 4.12. The molecule has 3 heteroatoms. The summed E-state index contributed by atoms with van der Waals surface area (Å²) in [7, 11) is 0. The molecule has 0 spiro atoms. The minimum Gasteiger partial charge on any atom is -0.376 e. The maximum absolute atomic E-state index is 11.4. The SMILES string of the molecule is N#Cc1cccc(C#C[C@](O)(C2CCCCC2)C2(C#N)CC2)c1. The van der Waals surface area contributed by atoms with E-state index in [4.69, 9.17) is 5.26 Å². The number of aliphatic hydroxyl groups is 1. The summed E-state index contributed by atoms with van der Waals surface area (Å²) in [5.41, 5.74) is -0.661. The van der Waals surface area contributed by atoms with E-state index in [0.29, 0.717) is 11.1 Å². The molecule has 0 amide bonds. The molecule has 0 bridgehead atoms. The number of nitrogens with zero attached hydrogens (tertiary/aromatic N) is 2. The molecule has 3 nitrogen and oxygen atoms in total. The first-order valence-corrected chi connectivity index (χ1v) is 8.30. The third-order valence-corrected chi connectivity index (χ3v) is 5.28.